The van der Waals surface area contributed by atoms with Gasteiger partial charge in [0.2, 0.25) is 0 Å². The molecule has 1 aromatic heterocycles. The number of fused-ring (bicyclic) bond motifs is 1. The molecule has 1 atom stereocenters. The first-order valence-electron chi connectivity index (χ1n) is 6.00. The van der Waals surface area contributed by atoms with E-state index >= 15 is 0 Å². The summed E-state index contributed by atoms with van der Waals surface area (Å²) < 4.78 is 1.35. The molecule has 2 aromatic rings. The Morgan fingerprint density at radius 1 is 1.19 bits per heavy atom. The molecule has 0 spiro atoms. The van der Waals surface area contributed by atoms with Gasteiger partial charge in [0, 0.05) is 15.6 Å². The quantitative estimate of drug-likeness (QED) is 0.835. The summed E-state index contributed by atoms with van der Waals surface area (Å²) >= 11 is 1.84. The molecule has 1 aromatic carbocycles. The molecular weight excluding hydrogens is 214 g/mol. The molecule has 0 radical (unpaired) electrons. The Labute approximate surface area is 101 Å². The summed E-state index contributed by atoms with van der Waals surface area (Å²) in [5.41, 5.74) is 6.33. The zero-order chi connectivity index (χ0) is 11.5. The topological polar surface area (TPSA) is 26.0 Å². The molecule has 16 heavy (non-hydrogen) atoms. The van der Waals surface area contributed by atoms with E-state index in [4.69, 9.17) is 5.73 Å². The van der Waals surface area contributed by atoms with Crippen molar-refractivity contribution >= 4 is 21.4 Å². The monoisotopic (exact) mass is 233 g/mol. The third-order valence-electron chi connectivity index (χ3n) is 3.33. The summed E-state index contributed by atoms with van der Waals surface area (Å²) in [6.07, 6.45) is 2.32. The van der Waals surface area contributed by atoms with Crippen LogP contribution in [0.4, 0.5) is 0 Å². The van der Waals surface area contributed by atoms with E-state index < -0.39 is 0 Å². The van der Waals surface area contributed by atoms with Crippen molar-refractivity contribution < 1.29 is 0 Å². The molecule has 0 saturated heterocycles. The van der Waals surface area contributed by atoms with Crippen LogP contribution in [0, 0.1) is 5.92 Å². The highest BCUT2D eigenvalue weighted by Crippen LogP contribution is 2.33. The lowest BCUT2D eigenvalue weighted by Gasteiger charge is -2.19. The highest BCUT2D eigenvalue weighted by Gasteiger charge is 2.17. The number of benzene rings is 1. The van der Waals surface area contributed by atoms with Crippen molar-refractivity contribution in [1.29, 1.82) is 0 Å². The second kappa shape index (κ2) is 4.98. The largest absolute Gasteiger partial charge is 0.323 e. The van der Waals surface area contributed by atoms with Crippen LogP contribution in [-0.4, -0.2) is 0 Å². The fourth-order valence-corrected chi connectivity index (χ4v) is 3.36. The van der Waals surface area contributed by atoms with E-state index in [2.05, 4.69) is 44.2 Å². The average Bonchev–Trinajstić information content (AvgIpc) is 2.74. The van der Waals surface area contributed by atoms with Crippen molar-refractivity contribution in [3.63, 3.8) is 0 Å². The molecular formula is C14H19NS. The number of hydrogen-bond donors (Lipinski definition) is 1. The molecule has 2 heteroatoms. The van der Waals surface area contributed by atoms with Crippen LogP contribution in [0.15, 0.2) is 30.3 Å². The number of nitrogens with two attached hydrogens (primary N) is 1. The van der Waals surface area contributed by atoms with Gasteiger partial charge in [0.25, 0.3) is 0 Å². The van der Waals surface area contributed by atoms with E-state index in [1.807, 2.05) is 11.3 Å². The summed E-state index contributed by atoms with van der Waals surface area (Å²) in [7, 11) is 0. The van der Waals surface area contributed by atoms with Crippen LogP contribution < -0.4 is 5.73 Å². The highest BCUT2D eigenvalue weighted by molar-refractivity contribution is 7.19. The molecule has 1 nitrogen and oxygen atoms in total. The van der Waals surface area contributed by atoms with Crippen molar-refractivity contribution in [3.05, 3.63) is 35.2 Å². The van der Waals surface area contributed by atoms with Gasteiger partial charge in [0.05, 0.1) is 0 Å². The van der Waals surface area contributed by atoms with Gasteiger partial charge in [0.1, 0.15) is 0 Å². The Morgan fingerprint density at radius 3 is 2.50 bits per heavy atom. The summed E-state index contributed by atoms with van der Waals surface area (Å²) in [6.45, 7) is 4.45. The van der Waals surface area contributed by atoms with Gasteiger partial charge in [-0.25, -0.2) is 0 Å². The molecule has 0 saturated carbocycles. The van der Waals surface area contributed by atoms with Crippen LogP contribution in [0.2, 0.25) is 0 Å². The van der Waals surface area contributed by atoms with Crippen molar-refractivity contribution in [2.24, 2.45) is 11.7 Å². The van der Waals surface area contributed by atoms with E-state index in [9.17, 15) is 0 Å². The molecule has 0 amide bonds. The van der Waals surface area contributed by atoms with Crippen LogP contribution in [0.1, 0.15) is 37.6 Å². The predicted octanol–water partition coefficient (Wildman–Crippen LogP) is 4.34. The van der Waals surface area contributed by atoms with Gasteiger partial charge in [-0.3, -0.25) is 0 Å². The van der Waals surface area contributed by atoms with Crippen LogP contribution >= 0.6 is 11.3 Å². The summed E-state index contributed by atoms with van der Waals surface area (Å²) in [6, 6.07) is 11.0. The van der Waals surface area contributed by atoms with Crippen LogP contribution in [0.25, 0.3) is 10.1 Å². The fraction of sp³-hybridized carbons (Fsp3) is 0.429. The molecule has 1 heterocycles. The first-order valence-corrected chi connectivity index (χ1v) is 6.82. The Bertz CT molecular complexity index is 423. The molecule has 0 aliphatic rings. The van der Waals surface area contributed by atoms with Gasteiger partial charge in [-0.15, -0.1) is 11.3 Å². The van der Waals surface area contributed by atoms with Gasteiger partial charge in [-0.2, -0.15) is 0 Å². The summed E-state index contributed by atoms with van der Waals surface area (Å²) in [5, 5.41) is 1.32. The van der Waals surface area contributed by atoms with Crippen molar-refractivity contribution in [2.45, 2.75) is 32.7 Å². The van der Waals surface area contributed by atoms with E-state index in [0.717, 1.165) is 12.8 Å². The Hall–Kier alpha value is -0.860. The normalized spacial score (nSPS) is 13.5. The second-order valence-electron chi connectivity index (χ2n) is 4.29. The van der Waals surface area contributed by atoms with Crippen LogP contribution in [0.3, 0.4) is 0 Å². The molecule has 0 bridgehead atoms. The predicted molar refractivity (Wildman–Crippen MR) is 72.8 cm³/mol. The van der Waals surface area contributed by atoms with E-state index in [1.165, 1.54) is 15.0 Å². The van der Waals surface area contributed by atoms with E-state index in [0.29, 0.717) is 5.92 Å². The Balaban J connectivity index is 2.32. The molecule has 0 aliphatic carbocycles. The van der Waals surface area contributed by atoms with Gasteiger partial charge in [0.15, 0.2) is 0 Å². The lowest BCUT2D eigenvalue weighted by Crippen LogP contribution is -2.19. The second-order valence-corrected chi connectivity index (χ2v) is 5.40. The maximum atomic E-state index is 6.33. The lowest BCUT2D eigenvalue weighted by molar-refractivity contribution is 0.410. The van der Waals surface area contributed by atoms with Gasteiger partial charge < -0.3 is 5.73 Å². The van der Waals surface area contributed by atoms with Crippen LogP contribution in [0.5, 0.6) is 0 Å². The molecule has 2 rings (SSSR count). The molecule has 86 valence electrons. The van der Waals surface area contributed by atoms with Gasteiger partial charge in [-0.05, 0) is 23.4 Å². The molecule has 2 N–H and O–H groups in total. The van der Waals surface area contributed by atoms with Gasteiger partial charge in [-0.1, -0.05) is 44.9 Å². The smallest absolute Gasteiger partial charge is 0.0418 e. The first-order chi connectivity index (χ1) is 7.76. The zero-order valence-corrected chi connectivity index (χ0v) is 10.8. The number of hydrogen-bond acceptors (Lipinski definition) is 2. The third-order valence-corrected chi connectivity index (χ3v) is 4.55. The lowest BCUT2D eigenvalue weighted by atomic mass is 9.94. The minimum Gasteiger partial charge on any atom is -0.323 e. The van der Waals surface area contributed by atoms with Crippen molar-refractivity contribution in [2.75, 3.05) is 0 Å². The summed E-state index contributed by atoms with van der Waals surface area (Å²) in [5.74, 6) is 0.605. The maximum Gasteiger partial charge on any atom is 0.0418 e. The maximum absolute atomic E-state index is 6.33. The van der Waals surface area contributed by atoms with E-state index in [-0.39, 0.29) is 6.04 Å². The number of thiophene rings is 1. The van der Waals surface area contributed by atoms with Crippen LogP contribution in [-0.2, 0) is 0 Å². The molecule has 0 aliphatic heterocycles. The average molecular weight is 233 g/mol. The standard InChI is InChI=1S/C14H19NS/c1-3-10(4-2)14(15)13-9-11-7-5-6-8-12(11)16-13/h5-10,14H,3-4,15H2,1-2H3. The third kappa shape index (κ3) is 2.13. The minimum absolute atomic E-state index is 0.201. The minimum atomic E-state index is 0.201. The van der Waals surface area contributed by atoms with E-state index in [1.54, 1.807) is 0 Å². The van der Waals surface area contributed by atoms with Crippen molar-refractivity contribution in [1.82, 2.24) is 0 Å². The Morgan fingerprint density at radius 2 is 1.88 bits per heavy atom. The fourth-order valence-electron chi connectivity index (χ4n) is 2.20. The first kappa shape index (κ1) is 11.6. The van der Waals surface area contributed by atoms with Gasteiger partial charge >= 0.3 is 0 Å². The summed E-state index contributed by atoms with van der Waals surface area (Å²) in [4.78, 5) is 1.33. The zero-order valence-electron chi connectivity index (χ0n) is 9.94. The highest BCUT2D eigenvalue weighted by atomic mass is 32.1. The Kier molecular flexibility index (Phi) is 3.62. The number of rotatable bonds is 4. The van der Waals surface area contributed by atoms with Crippen molar-refractivity contribution in [3.8, 4) is 0 Å². The molecule has 0 fully saturated rings. The molecule has 1 unspecified atom stereocenters. The SMILES string of the molecule is CCC(CC)C(N)c1cc2ccccc2s1.